The first-order valence-electron chi connectivity index (χ1n) is 7.19. The molecule has 0 aromatic heterocycles. The third-order valence-corrected chi connectivity index (χ3v) is 6.55. The molecule has 1 saturated heterocycles. The van der Waals surface area contributed by atoms with E-state index in [2.05, 4.69) is 0 Å². The molecule has 1 aromatic carbocycles. The second-order valence-electron chi connectivity index (χ2n) is 5.28. The van der Waals surface area contributed by atoms with Crippen LogP contribution in [-0.2, 0) is 14.8 Å². The third-order valence-electron chi connectivity index (χ3n) is 3.91. The van der Waals surface area contributed by atoms with E-state index in [1.807, 2.05) is 0 Å². The highest BCUT2D eigenvalue weighted by atomic mass is 35.5. The quantitative estimate of drug-likeness (QED) is 0.846. The van der Waals surface area contributed by atoms with Crippen molar-refractivity contribution >= 4 is 39.2 Å². The largest absolute Gasteiger partial charge is 0.480 e. The van der Waals surface area contributed by atoms with Gasteiger partial charge in [-0.2, -0.15) is 4.31 Å². The van der Waals surface area contributed by atoms with Gasteiger partial charge in [-0.15, -0.1) is 0 Å². The van der Waals surface area contributed by atoms with Crippen molar-refractivity contribution in [1.82, 2.24) is 9.21 Å². The Morgan fingerprint density at radius 2 is 1.83 bits per heavy atom. The van der Waals surface area contributed by atoms with Gasteiger partial charge in [-0.3, -0.25) is 9.69 Å². The van der Waals surface area contributed by atoms with Crippen LogP contribution in [0.2, 0.25) is 10.0 Å². The summed E-state index contributed by atoms with van der Waals surface area (Å²) < 4.78 is 26.6. The molecule has 1 N–H and O–H groups in total. The van der Waals surface area contributed by atoms with Gasteiger partial charge in [0.25, 0.3) is 0 Å². The fourth-order valence-corrected chi connectivity index (χ4v) is 4.44. The molecular formula is C14H18Cl2N2O4S. The number of aliphatic carboxylic acids is 1. The number of carbonyl (C=O) groups is 1. The molecule has 6 nitrogen and oxygen atoms in total. The number of halogens is 2. The lowest BCUT2D eigenvalue weighted by atomic mass is 10.1. The minimum Gasteiger partial charge on any atom is -0.480 e. The Balaban J connectivity index is 2.12. The first-order valence-corrected chi connectivity index (χ1v) is 9.39. The summed E-state index contributed by atoms with van der Waals surface area (Å²) in [5, 5.41) is 9.66. The zero-order chi connectivity index (χ0) is 17.2. The van der Waals surface area contributed by atoms with Crippen LogP contribution in [-0.4, -0.2) is 60.9 Å². The summed E-state index contributed by atoms with van der Waals surface area (Å²) >= 11 is 11.7. The van der Waals surface area contributed by atoms with Crippen molar-refractivity contribution in [2.75, 3.05) is 26.2 Å². The van der Waals surface area contributed by atoms with Gasteiger partial charge in [0.2, 0.25) is 10.0 Å². The summed E-state index contributed by atoms with van der Waals surface area (Å²) in [7, 11) is -3.66. The lowest BCUT2D eigenvalue weighted by molar-refractivity contribution is -0.143. The van der Waals surface area contributed by atoms with E-state index in [0.717, 1.165) is 0 Å². The Labute approximate surface area is 145 Å². The van der Waals surface area contributed by atoms with E-state index in [9.17, 15) is 18.3 Å². The van der Waals surface area contributed by atoms with E-state index < -0.39 is 22.0 Å². The van der Waals surface area contributed by atoms with Crippen molar-refractivity contribution < 1.29 is 18.3 Å². The fourth-order valence-electron chi connectivity index (χ4n) is 2.63. The van der Waals surface area contributed by atoms with Crippen molar-refractivity contribution in [1.29, 1.82) is 0 Å². The third kappa shape index (κ3) is 3.97. The number of hydrogen-bond acceptors (Lipinski definition) is 4. The fraction of sp³-hybridized carbons (Fsp3) is 0.500. The second-order valence-corrected chi connectivity index (χ2v) is 8.03. The number of sulfonamides is 1. The van der Waals surface area contributed by atoms with Crippen molar-refractivity contribution in [2.45, 2.75) is 24.3 Å². The van der Waals surface area contributed by atoms with Crippen molar-refractivity contribution in [3.63, 3.8) is 0 Å². The Bertz CT molecular complexity index is 688. The molecule has 0 saturated carbocycles. The molecule has 0 amide bonds. The average Bonchev–Trinajstić information content (AvgIpc) is 2.51. The standard InChI is InChI=1S/C14H18Cl2N2O4S/c1-2-13(14(19)20)17-5-7-18(8-6-17)23(21,22)10-3-4-11(15)12(16)9-10/h3-4,9,13H,2,5-8H2,1H3,(H,19,20). The maximum absolute atomic E-state index is 12.6. The van der Waals surface area contributed by atoms with Crippen LogP contribution in [0.25, 0.3) is 0 Å². The summed E-state index contributed by atoms with van der Waals surface area (Å²) in [6, 6.07) is 3.62. The molecule has 1 unspecified atom stereocenters. The first-order chi connectivity index (χ1) is 10.8. The van der Waals surface area contributed by atoms with E-state index in [1.165, 1.54) is 22.5 Å². The highest BCUT2D eigenvalue weighted by Crippen LogP contribution is 2.27. The summed E-state index contributed by atoms with van der Waals surface area (Å²) in [5.74, 6) is -0.881. The Kier molecular flexibility index (Phi) is 5.91. The number of carboxylic acid groups (broad SMARTS) is 1. The smallest absolute Gasteiger partial charge is 0.320 e. The van der Waals surface area contributed by atoms with Crippen LogP contribution in [0, 0.1) is 0 Å². The van der Waals surface area contributed by atoms with Gasteiger partial charge < -0.3 is 5.11 Å². The molecule has 9 heteroatoms. The number of hydrogen-bond donors (Lipinski definition) is 1. The van der Waals surface area contributed by atoms with Crippen LogP contribution in [0.15, 0.2) is 23.1 Å². The van der Waals surface area contributed by atoms with E-state index >= 15 is 0 Å². The van der Waals surface area contributed by atoms with Gasteiger partial charge in [0, 0.05) is 26.2 Å². The zero-order valence-electron chi connectivity index (χ0n) is 12.6. The number of nitrogens with zero attached hydrogens (tertiary/aromatic N) is 2. The molecule has 1 fully saturated rings. The van der Waals surface area contributed by atoms with Gasteiger partial charge in [0.15, 0.2) is 0 Å². The molecule has 1 aliphatic rings. The molecule has 1 aromatic rings. The predicted octanol–water partition coefficient (Wildman–Crippen LogP) is 2.16. The topological polar surface area (TPSA) is 77.9 Å². The normalized spacial score (nSPS) is 18.7. The lowest BCUT2D eigenvalue weighted by Crippen LogP contribution is -2.53. The summed E-state index contributed by atoms with van der Waals surface area (Å²) in [5.41, 5.74) is 0. The maximum Gasteiger partial charge on any atom is 0.320 e. The molecule has 0 spiro atoms. The molecule has 0 bridgehead atoms. The SMILES string of the molecule is CCC(C(=O)O)N1CCN(S(=O)(=O)c2ccc(Cl)c(Cl)c2)CC1. The minimum absolute atomic E-state index is 0.0885. The monoisotopic (exact) mass is 380 g/mol. The van der Waals surface area contributed by atoms with Crippen LogP contribution < -0.4 is 0 Å². The van der Waals surface area contributed by atoms with Gasteiger partial charge in [-0.25, -0.2) is 8.42 Å². The molecule has 1 aliphatic heterocycles. The van der Waals surface area contributed by atoms with Crippen molar-refractivity contribution in [3.05, 3.63) is 28.2 Å². The summed E-state index contributed by atoms with van der Waals surface area (Å²) in [4.78, 5) is 13.1. The molecule has 128 valence electrons. The number of carboxylic acids is 1. The van der Waals surface area contributed by atoms with Crippen LogP contribution in [0.5, 0.6) is 0 Å². The van der Waals surface area contributed by atoms with Gasteiger partial charge in [-0.1, -0.05) is 30.1 Å². The van der Waals surface area contributed by atoms with Crippen LogP contribution in [0.4, 0.5) is 0 Å². The minimum atomic E-state index is -3.66. The lowest BCUT2D eigenvalue weighted by Gasteiger charge is -2.36. The molecule has 0 aliphatic carbocycles. The van der Waals surface area contributed by atoms with Crippen LogP contribution in [0.1, 0.15) is 13.3 Å². The summed E-state index contributed by atoms with van der Waals surface area (Å²) in [6.07, 6.45) is 0.481. The molecule has 23 heavy (non-hydrogen) atoms. The summed E-state index contributed by atoms with van der Waals surface area (Å²) in [6.45, 7) is 3.05. The van der Waals surface area contributed by atoms with Gasteiger partial charge in [0.05, 0.1) is 14.9 Å². The maximum atomic E-state index is 12.6. The van der Waals surface area contributed by atoms with Crippen LogP contribution in [0.3, 0.4) is 0 Å². The van der Waals surface area contributed by atoms with E-state index in [1.54, 1.807) is 11.8 Å². The zero-order valence-corrected chi connectivity index (χ0v) is 14.9. The highest BCUT2D eigenvalue weighted by Gasteiger charge is 2.32. The molecule has 1 heterocycles. The van der Waals surface area contributed by atoms with E-state index in [4.69, 9.17) is 23.2 Å². The molecule has 1 atom stereocenters. The van der Waals surface area contributed by atoms with Crippen molar-refractivity contribution in [3.8, 4) is 0 Å². The van der Waals surface area contributed by atoms with E-state index in [-0.39, 0.29) is 23.0 Å². The Morgan fingerprint density at radius 3 is 2.30 bits per heavy atom. The second kappa shape index (κ2) is 7.36. The molecular weight excluding hydrogens is 363 g/mol. The van der Waals surface area contributed by atoms with Crippen molar-refractivity contribution in [2.24, 2.45) is 0 Å². The van der Waals surface area contributed by atoms with Gasteiger partial charge in [0.1, 0.15) is 6.04 Å². The molecule has 2 rings (SSSR count). The number of benzene rings is 1. The van der Waals surface area contributed by atoms with Gasteiger partial charge >= 0.3 is 5.97 Å². The average molecular weight is 381 g/mol. The first kappa shape index (κ1) is 18.5. The number of piperazine rings is 1. The van der Waals surface area contributed by atoms with Crippen LogP contribution >= 0.6 is 23.2 Å². The Morgan fingerprint density at radius 1 is 1.22 bits per heavy atom. The predicted molar refractivity (Wildman–Crippen MR) is 88.5 cm³/mol. The Hall–Kier alpha value is -0.860. The number of rotatable bonds is 5. The molecule has 0 radical (unpaired) electrons. The van der Waals surface area contributed by atoms with Gasteiger partial charge in [-0.05, 0) is 24.6 Å². The van der Waals surface area contributed by atoms with E-state index in [0.29, 0.717) is 24.5 Å². The highest BCUT2D eigenvalue weighted by molar-refractivity contribution is 7.89.